The van der Waals surface area contributed by atoms with E-state index in [1.165, 1.54) is 0 Å². The zero-order valence-electron chi connectivity index (χ0n) is 9.61. The predicted octanol–water partition coefficient (Wildman–Crippen LogP) is 1.57. The molecule has 0 N–H and O–H groups in total. The van der Waals surface area contributed by atoms with Crippen LogP contribution in [-0.4, -0.2) is 39.1 Å². The summed E-state index contributed by atoms with van der Waals surface area (Å²) in [4.78, 5) is 14.1. The van der Waals surface area contributed by atoms with Crippen LogP contribution in [0.2, 0.25) is 0 Å². The number of carbonyl (C=O) groups is 1. The Morgan fingerprint density at radius 3 is 3.00 bits per heavy atom. The van der Waals surface area contributed by atoms with Crippen molar-refractivity contribution in [2.75, 3.05) is 12.4 Å². The van der Waals surface area contributed by atoms with Crippen LogP contribution in [0.5, 0.6) is 0 Å². The first-order chi connectivity index (χ1) is 7.65. The Morgan fingerprint density at radius 1 is 1.69 bits per heavy atom. The van der Waals surface area contributed by atoms with Gasteiger partial charge in [0.2, 0.25) is 0 Å². The van der Waals surface area contributed by atoms with Gasteiger partial charge in [-0.15, -0.1) is 11.6 Å². The fraction of sp³-hybridized carbons (Fsp3) is 0.636. The van der Waals surface area contributed by atoms with Gasteiger partial charge in [0.15, 0.2) is 0 Å². The monoisotopic (exact) mass is 241 g/mol. The molecular weight excluding hydrogens is 226 g/mol. The van der Waals surface area contributed by atoms with E-state index >= 15 is 0 Å². The first kappa shape index (κ1) is 11.5. The fourth-order valence-corrected chi connectivity index (χ4v) is 2.45. The minimum atomic E-state index is 0.0637. The molecule has 16 heavy (non-hydrogen) atoms. The minimum absolute atomic E-state index is 0.0637. The van der Waals surface area contributed by atoms with Gasteiger partial charge < -0.3 is 4.90 Å². The molecule has 88 valence electrons. The molecule has 2 rings (SSSR count). The molecule has 0 saturated carbocycles. The van der Waals surface area contributed by atoms with Crippen LogP contribution < -0.4 is 0 Å². The van der Waals surface area contributed by atoms with Gasteiger partial charge in [0.1, 0.15) is 0 Å². The van der Waals surface area contributed by atoms with E-state index in [0.717, 1.165) is 25.1 Å². The van der Waals surface area contributed by atoms with E-state index in [4.69, 9.17) is 11.6 Å². The molecule has 1 aliphatic rings. The Labute approximate surface area is 100 Å². The summed E-state index contributed by atoms with van der Waals surface area (Å²) < 4.78 is 1.72. The summed E-state index contributed by atoms with van der Waals surface area (Å²) in [6.45, 7) is 2.72. The number of hydrogen-bond acceptors (Lipinski definition) is 2. The van der Waals surface area contributed by atoms with E-state index in [2.05, 4.69) is 5.10 Å². The van der Waals surface area contributed by atoms with Gasteiger partial charge in [-0.1, -0.05) is 0 Å². The molecule has 1 aromatic rings. The highest BCUT2D eigenvalue weighted by Gasteiger charge is 2.30. The van der Waals surface area contributed by atoms with Crippen LogP contribution in [0.3, 0.4) is 0 Å². The van der Waals surface area contributed by atoms with E-state index < -0.39 is 0 Å². The second kappa shape index (κ2) is 4.45. The van der Waals surface area contributed by atoms with Crippen LogP contribution in [0.4, 0.5) is 0 Å². The Kier molecular flexibility index (Phi) is 3.19. The van der Waals surface area contributed by atoms with Crippen LogP contribution in [0.15, 0.2) is 6.20 Å². The minimum Gasteiger partial charge on any atom is -0.334 e. The average Bonchev–Trinajstić information content (AvgIpc) is 2.86. The molecule has 1 fully saturated rings. The molecular formula is C11H16ClN3O. The summed E-state index contributed by atoms with van der Waals surface area (Å²) in [5.74, 6) is 0.583. The molecule has 4 nitrogen and oxygen atoms in total. The van der Waals surface area contributed by atoms with E-state index in [1.54, 1.807) is 10.9 Å². The maximum atomic E-state index is 12.3. The van der Waals surface area contributed by atoms with E-state index in [-0.39, 0.29) is 11.9 Å². The van der Waals surface area contributed by atoms with Gasteiger partial charge in [-0.25, -0.2) is 0 Å². The molecule has 0 radical (unpaired) electrons. The number of likely N-dealkylation sites (tertiary alicyclic amines) is 1. The molecule has 0 aromatic carbocycles. The van der Waals surface area contributed by atoms with Crippen molar-refractivity contribution in [1.82, 2.24) is 14.7 Å². The zero-order chi connectivity index (χ0) is 11.7. The number of hydrogen-bond donors (Lipinski definition) is 0. The van der Waals surface area contributed by atoms with Gasteiger partial charge in [-0.3, -0.25) is 9.48 Å². The van der Waals surface area contributed by atoms with Crippen LogP contribution in [0, 0.1) is 6.92 Å². The molecule has 0 spiro atoms. The summed E-state index contributed by atoms with van der Waals surface area (Å²) >= 11 is 5.86. The second-order valence-electron chi connectivity index (χ2n) is 4.22. The average molecular weight is 242 g/mol. The standard InChI is InChI=1S/C11H16ClN3O/c1-8-10(7-13-14(8)2)11(16)15-5-3-4-9(15)6-12/h7,9H,3-6H2,1-2H3. The third-order valence-corrected chi connectivity index (χ3v) is 3.64. The molecule has 1 amide bonds. The number of nitrogens with zero attached hydrogens (tertiary/aromatic N) is 3. The number of amides is 1. The van der Waals surface area contributed by atoms with Gasteiger partial charge in [0, 0.05) is 31.2 Å². The van der Waals surface area contributed by atoms with Crippen LogP contribution in [0.1, 0.15) is 28.9 Å². The number of rotatable bonds is 2. The van der Waals surface area contributed by atoms with Crippen LogP contribution >= 0.6 is 11.6 Å². The van der Waals surface area contributed by atoms with Crippen molar-refractivity contribution in [3.05, 3.63) is 17.5 Å². The van der Waals surface area contributed by atoms with Crippen molar-refractivity contribution < 1.29 is 4.79 Å². The van der Waals surface area contributed by atoms with Crippen molar-refractivity contribution in [1.29, 1.82) is 0 Å². The van der Waals surface area contributed by atoms with Crippen molar-refractivity contribution in [3.8, 4) is 0 Å². The topological polar surface area (TPSA) is 38.1 Å². The van der Waals surface area contributed by atoms with Gasteiger partial charge in [0.25, 0.3) is 5.91 Å². The molecule has 5 heteroatoms. The van der Waals surface area contributed by atoms with E-state index in [9.17, 15) is 4.79 Å². The summed E-state index contributed by atoms with van der Waals surface area (Å²) in [7, 11) is 1.84. The Hall–Kier alpha value is -1.03. The molecule has 1 saturated heterocycles. The Balaban J connectivity index is 2.22. The lowest BCUT2D eigenvalue weighted by Crippen LogP contribution is -2.36. The quantitative estimate of drug-likeness (QED) is 0.738. The number of halogens is 1. The van der Waals surface area contributed by atoms with E-state index in [1.807, 2.05) is 18.9 Å². The van der Waals surface area contributed by atoms with Gasteiger partial charge in [0.05, 0.1) is 11.8 Å². The molecule has 1 unspecified atom stereocenters. The zero-order valence-corrected chi connectivity index (χ0v) is 10.4. The van der Waals surface area contributed by atoms with Crippen molar-refractivity contribution in [2.45, 2.75) is 25.8 Å². The SMILES string of the molecule is Cc1c(C(=O)N2CCCC2CCl)cnn1C. The predicted molar refractivity (Wildman–Crippen MR) is 62.7 cm³/mol. The smallest absolute Gasteiger partial charge is 0.257 e. The highest BCUT2D eigenvalue weighted by Crippen LogP contribution is 2.21. The maximum Gasteiger partial charge on any atom is 0.257 e. The van der Waals surface area contributed by atoms with Gasteiger partial charge in [-0.2, -0.15) is 5.10 Å². The highest BCUT2D eigenvalue weighted by molar-refractivity contribution is 6.18. The molecule has 1 atom stereocenters. The first-order valence-electron chi connectivity index (χ1n) is 5.50. The molecule has 1 aliphatic heterocycles. The number of aromatic nitrogens is 2. The van der Waals surface area contributed by atoms with Gasteiger partial charge in [-0.05, 0) is 19.8 Å². The number of carbonyl (C=O) groups excluding carboxylic acids is 1. The van der Waals surface area contributed by atoms with Crippen molar-refractivity contribution in [2.24, 2.45) is 7.05 Å². The summed E-state index contributed by atoms with van der Waals surface area (Å²) in [5.41, 5.74) is 1.60. The molecule has 0 aliphatic carbocycles. The molecule has 1 aromatic heterocycles. The van der Waals surface area contributed by atoms with Crippen molar-refractivity contribution >= 4 is 17.5 Å². The number of aryl methyl sites for hydroxylation is 1. The second-order valence-corrected chi connectivity index (χ2v) is 4.52. The lowest BCUT2D eigenvalue weighted by Gasteiger charge is -2.22. The van der Waals surface area contributed by atoms with Crippen molar-refractivity contribution in [3.63, 3.8) is 0 Å². The summed E-state index contributed by atoms with van der Waals surface area (Å²) in [6, 6.07) is 0.189. The lowest BCUT2D eigenvalue weighted by molar-refractivity contribution is 0.0748. The third kappa shape index (κ3) is 1.82. The normalized spacial score (nSPS) is 20.4. The summed E-state index contributed by atoms with van der Waals surface area (Å²) in [5, 5.41) is 4.10. The Morgan fingerprint density at radius 2 is 2.44 bits per heavy atom. The fourth-order valence-electron chi connectivity index (χ4n) is 2.13. The number of alkyl halides is 1. The summed E-state index contributed by atoms with van der Waals surface area (Å²) in [6.07, 6.45) is 3.69. The molecule has 0 bridgehead atoms. The van der Waals surface area contributed by atoms with Crippen LogP contribution in [0.25, 0.3) is 0 Å². The van der Waals surface area contributed by atoms with E-state index in [0.29, 0.717) is 11.4 Å². The maximum absolute atomic E-state index is 12.3. The third-order valence-electron chi connectivity index (χ3n) is 3.28. The van der Waals surface area contributed by atoms with Crippen LogP contribution in [-0.2, 0) is 7.05 Å². The largest absolute Gasteiger partial charge is 0.334 e. The Bertz CT molecular complexity index is 402. The highest BCUT2D eigenvalue weighted by atomic mass is 35.5. The lowest BCUT2D eigenvalue weighted by atomic mass is 10.2. The first-order valence-corrected chi connectivity index (χ1v) is 6.04. The van der Waals surface area contributed by atoms with Gasteiger partial charge >= 0.3 is 0 Å². The molecule has 2 heterocycles.